The van der Waals surface area contributed by atoms with Crippen LogP contribution in [0, 0.1) is 6.92 Å². The van der Waals surface area contributed by atoms with E-state index in [1.807, 2.05) is 12.1 Å². The maximum absolute atomic E-state index is 5.32. The van der Waals surface area contributed by atoms with Crippen molar-refractivity contribution in [1.82, 2.24) is 0 Å². The molecule has 60 valence electrons. The molecule has 1 aromatic rings. The van der Waals surface area contributed by atoms with Gasteiger partial charge < -0.3 is 5.43 Å². The topological polar surface area (TPSA) is 38.0 Å². The van der Waals surface area contributed by atoms with E-state index in [1.54, 1.807) is 0 Å². The summed E-state index contributed by atoms with van der Waals surface area (Å²) < 4.78 is 0. The number of nitrogens with one attached hydrogen (secondary N) is 1. The van der Waals surface area contributed by atoms with Crippen LogP contribution in [0.15, 0.2) is 18.2 Å². The summed E-state index contributed by atoms with van der Waals surface area (Å²) in [6, 6.07) is 6.12. The van der Waals surface area contributed by atoms with Crippen molar-refractivity contribution in [3.63, 3.8) is 0 Å². The molecule has 0 amide bonds. The van der Waals surface area contributed by atoms with E-state index in [9.17, 15) is 0 Å². The normalized spacial score (nSPS) is 9.73. The SMILES string of the molecule is CCc1cccc(NN)c1C. The number of hydrazine groups is 1. The molecule has 0 bridgehead atoms. The Kier molecular flexibility index (Phi) is 2.49. The molecule has 0 heterocycles. The lowest BCUT2D eigenvalue weighted by atomic mass is 10.1. The van der Waals surface area contributed by atoms with Crippen LogP contribution < -0.4 is 11.3 Å². The van der Waals surface area contributed by atoms with Crippen molar-refractivity contribution in [2.24, 2.45) is 5.84 Å². The van der Waals surface area contributed by atoms with E-state index in [0.717, 1.165) is 12.1 Å². The van der Waals surface area contributed by atoms with Gasteiger partial charge in [-0.15, -0.1) is 0 Å². The number of anilines is 1. The fraction of sp³-hybridized carbons (Fsp3) is 0.333. The van der Waals surface area contributed by atoms with Crippen molar-refractivity contribution >= 4 is 5.69 Å². The third-order valence-electron chi connectivity index (χ3n) is 1.98. The lowest BCUT2D eigenvalue weighted by molar-refractivity contribution is 1.10. The van der Waals surface area contributed by atoms with Crippen LogP contribution in [0.1, 0.15) is 18.1 Å². The van der Waals surface area contributed by atoms with E-state index in [4.69, 9.17) is 5.84 Å². The van der Waals surface area contributed by atoms with Gasteiger partial charge in [-0.2, -0.15) is 0 Å². The van der Waals surface area contributed by atoms with E-state index in [2.05, 4.69) is 25.3 Å². The standard InChI is InChI=1S/C9H14N2/c1-3-8-5-4-6-9(11-10)7(8)2/h4-6,11H,3,10H2,1-2H3. The number of hydrogen-bond donors (Lipinski definition) is 2. The Balaban J connectivity index is 3.10. The summed E-state index contributed by atoms with van der Waals surface area (Å²) in [6.07, 6.45) is 1.06. The highest BCUT2D eigenvalue weighted by molar-refractivity contribution is 5.52. The molecule has 0 fully saturated rings. The Labute approximate surface area is 67.4 Å². The Morgan fingerprint density at radius 1 is 1.45 bits per heavy atom. The van der Waals surface area contributed by atoms with Crippen LogP contribution in [0.25, 0.3) is 0 Å². The number of aryl methyl sites for hydroxylation is 1. The number of nitrogens with two attached hydrogens (primary N) is 1. The van der Waals surface area contributed by atoms with Crippen LogP contribution in [0.2, 0.25) is 0 Å². The van der Waals surface area contributed by atoms with Gasteiger partial charge in [0.25, 0.3) is 0 Å². The summed E-state index contributed by atoms with van der Waals surface area (Å²) in [4.78, 5) is 0. The molecular formula is C9H14N2. The monoisotopic (exact) mass is 150 g/mol. The maximum Gasteiger partial charge on any atom is 0.0516 e. The van der Waals surface area contributed by atoms with Gasteiger partial charge in [0.1, 0.15) is 0 Å². The Bertz CT molecular complexity index is 221. The van der Waals surface area contributed by atoms with Crippen LogP contribution >= 0.6 is 0 Å². The molecule has 0 radical (unpaired) electrons. The highest BCUT2D eigenvalue weighted by atomic mass is 15.2. The number of hydrogen-bond acceptors (Lipinski definition) is 2. The minimum atomic E-state index is 1.02. The predicted molar refractivity (Wildman–Crippen MR) is 48.4 cm³/mol. The fourth-order valence-corrected chi connectivity index (χ4v) is 1.22. The van der Waals surface area contributed by atoms with Crippen LogP contribution in [0.4, 0.5) is 5.69 Å². The third kappa shape index (κ3) is 1.52. The first-order chi connectivity index (χ1) is 5.29. The molecule has 0 aromatic heterocycles. The lowest BCUT2D eigenvalue weighted by Crippen LogP contribution is -2.08. The van der Waals surface area contributed by atoms with Crippen molar-refractivity contribution in [3.8, 4) is 0 Å². The zero-order valence-electron chi connectivity index (χ0n) is 7.02. The summed E-state index contributed by atoms with van der Waals surface area (Å²) in [5.74, 6) is 5.32. The highest BCUT2D eigenvalue weighted by Crippen LogP contribution is 2.17. The second kappa shape index (κ2) is 3.39. The third-order valence-corrected chi connectivity index (χ3v) is 1.98. The van der Waals surface area contributed by atoms with Gasteiger partial charge >= 0.3 is 0 Å². The molecule has 11 heavy (non-hydrogen) atoms. The average molecular weight is 150 g/mol. The van der Waals surface area contributed by atoms with Crippen molar-refractivity contribution in [2.75, 3.05) is 5.43 Å². The molecule has 0 aliphatic heterocycles. The molecule has 0 unspecified atom stereocenters. The summed E-state index contributed by atoms with van der Waals surface area (Å²) in [5, 5.41) is 0. The zero-order chi connectivity index (χ0) is 8.27. The number of rotatable bonds is 2. The van der Waals surface area contributed by atoms with Gasteiger partial charge in [0, 0.05) is 0 Å². The summed E-state index contributed by atoms with van der Waals surface area (Å²) in [7, 11) is 0. The van der Waals surface area contributed by atoms with E-state index in [1.165, 1.54) is 11.1 Å². The van der Waals surface area contributed by atoms with Crippen LogP contribution in [-0.4, -0.2) is 0 Å². The second-order valence-corrected chi connectivity index (χ2v) is 2.59. The smallest absolute Gasteiger partial charge is 0.0516 e. The molecule has 0 aliphatic carbocycles. The predicted octanol–water partition coefficient (Wildman–Crippen LogP) is 1.84. The Morgan fingerprint density at radius 3 is 2.73 bits per heavy atom. The van der Waals surface area contributed by atoms with Crippen molar-refractivity contribution in [1.29, 1.82) is 0 Å². The van der Waals surface area contributed by atoms with E-state index < -0.39 is 0 Å². The van der Waals surface area contributed by atoms with E-state index in [-0.39, 0.29) is 0 Å². The number of benzene rings is 1. The first kappa shape index (κ1) is 8.08. The quantitative estimate of drug-likeness (QED) is 0.498. The van der Waals surface area contributed by atoms with Gasteiger partial charge in [0.2, 0.25) is 0 Å². The molecule has 1 rings (SSSR count). The molecular weight excluding hydrogens is 136 g/mol. The summed E-state index contributed by atoms with van der Waals surface area (Å²) >= 11 is 0. The second-order valence-electron chi connectivity index (χ2n) is 2.59. The van der Waals surface area contributed by atoms with Gasteiger partial charge in [-0.3, -0.25) is 5.84 Å². The van der Waals surface area contributed by atoms with Crippen molar-refractivity contribution in [2.45, 2.75) is 20.3 Å². The Hall–Kier alpha value is -1.02. The highest BCUT2D eigenvalue weighted by Gasteiger charge is 1.98. The first-order valence-corrected chi connectivity index (χ1v) is 3.84. The molecule has 1 aromatic carbocycles. The van der Waals surface area contributed by atoms with Gasteiger partial charge in [-0.1, -0.05) is 19.1 Å². The van der Waals surface area contributed by atoms with Crippen LogP contribution in [-0.2, 0) is 6.42 Å². The molecule has 0 spiro atoms. The average Bonchev–Trinajstić information content (AvgIpc) is 2.05. The zero-order valence-corrected chi connectivity index (χ0v) is 7.02. The van der Waals surface area contributed by atoms with E-state index >= 15 is 0 Å². The molecule has 2 nitrogen and oxygen atoms in total. The van der Waals surface area contributed by atoms with Gasteiger partial charge in [-0.25, -0.2) is 0 Å². The summed E-state index contributed by atoms with van der Waals surface area (Å²) in [6.45, 7) is 4.22. The fourth-order valence-electron chi connectivity index (χ4n) is 1.22. The summed E-state index contributed by atoms with van der Waals surface area (Å²) in [5.41, 5.74) is 6.28. The first-order valence-electron chi connectivity index (χ1n) is 3.84. The lowest BCUT2D eigenvalue weighted by Gasteiger charge is -2.08. The van der Waals surface area contributed by atoms with Crippen molar-refractivity contribution in [3.05, 3.63) is 29.3 Å². The van der Waals surface area contributed by atoms with Gasteiger partial charge in [0.15, 0.2) is 0 Å². The van der Waals surface area contributed by atoms with Crippen molar-refractivity contribution < 1.29 is 0 Å². The van der Waals surface area contributed by atoms with E-state index in [0.29, 0.717) is 0 Å². The molecule has 0 saturated heterocycles. The van der Waals surface area contributed by atoms with Crippen LogP contribution in [0.5, 0.6) is 0 Å². The van der Waals surface area contributed by atoms with Gasteiger partial charge in [0.05, 0.1) is 5.69 Å². The molecule has 0 atom stereocenters. The molecule has 0 saturated carbocycles. The minimum Gasteiger partial charge on any atom is -0.324 e. The van der Waals surface area contributed by atoms with Gasteiger partial charge in [-0.05, 0) is 30.5 Å². The Morgan fingerprint density at radius 2 is 2.18 bits per heavy atom. The molecule has 2 heteroatoms. The maximum atomic E-state index is 5.32. The number of nitrogen functional groups attached to an aromatic ring is 1. The van der Waals surface area contributed by atoms with Crippen LogP contribution in [0.3, 0.4) is 0 Å². The largest absolute Gasteiger partial charge is 0.324 e. The minimum absolute atomic E-state index is 1.02. The molecule has 0 aliphatic rings. The molecule has 3 N–H and O–H groups in total.